The Labute approximate surface area is 187 Å². The summed E-state index contributed by atoms with van der Waals surface area (Å²) >= 11 is 0. The molecule has 0 radical (unpaired) electrons. The van der Waals surface area contributed by atoms with Crippen molar-refractivity contribution in [2.24, 2.45) is 4.99 Å². The minimum Gasteiger partial charge on any atom is -0.381 e. The highest BCUT2D eigenvalue weighted by molar-refractivity contribution is 14.0. The molecule has 0 aromatic rings. The van der Waals surface area contributed by atoms with Crippen LogP contribution in [0.25, 0.3) is 0 Å². The van der Waals surface area contributed by atoms with E-state index in [2.05, 4.69) is 34.6 Å². The quantitative estimate of drug-likeness (QED) is 0.291. The maximum Gasteiger partial charge on any atom is 0.214 e. The number of halogens is 1. The molecule has 10 heteroatoms. The Hall–Kier alpha value is -0.170. The molecule has 8 nitrogen and oxygen atoms in total. The molecule has 2 aliphatic heterocycles. The predicted molar refractivity (Wildman–Crippen MR) is 125 cm³/mol. The summed E-state index contributed by atoms with van der Waals surface area (Å²) in [4.78, 5) is 6.65. The minimum absolute atomic E-state index is 0. The normalized spacial score (nSPS) is 22.0. The highest BCUT2D eigenvalue weighted by Crippen LogP contribution is 2.25. The average molecular weight is 532 g/mol. The Bertz CT molecular complexity index is 586. The molecule has 0 unspecified atom stereocenters. The first-order valence-corrected chi connectivity index (χ1v) is 11.6. The summed E-state index contributed by atoms with van der Waals surface area (Å²) in [5.41, 5.74) is 0.0769. The van der Waals surface area contributed by atoms with Gasteiger partial charge in [-0.15, -0.1) is 24.0 Å². The van der Waals surface area contributed by atoms with Crippen molar-refractivity contribution >= 4 is 40.0 Å². The number of aliphatic imine (C=N–C) groups is 1. The van der Waals surface area contributed by atoms with Crippen molar-refractivity contribution in [1.29, 1.82) is 0 Å². The van der Waals surface area contributed by atoms with Gasteiger partial charge in [-0.25, -0.2) is 12.7 Å². The molecule has 0 spiro atoms. The molecular weight excluding hydrogens is 493 g/mol. The number of nitrogens with one attached hydrogen (secondary N) is 2. The van der Waals surface area contributed by atoms with Crippen molar-refractivity contribution in [3.05, 3.63) is 0 Å². The van der Waals surface area contributed by atoms with Gasteiger partial charge in [-0.1, -0.05) is 6.92 Å². The summed E-state index contributed by atoms with van der Waals surface area (Å²) in [5.74, 6) is 1.03. The third-order valence-corrected chi connectivity index (χ3v) is 7.91. The summed E-state index contributed by atoms with van der Waals surface area (Å²) in [6.45, 7) is 5.45. The second kappa shape index (κ2) is 11.9. The van der Waals surface area contributed by atoms with Crippen LogP contribution in [0.2, 0.25) is 0 Å². The lowest BCUT2D eigenvalue weighted by molar-refractivity contribution is -0.00504. The molecule has 0 amide bonds. The smallest absolute Gasteiger partial charge is 0.214 e. The maximum absolute atomic E-state index is 12.2. The summed E-state index contributed by atoms with van der Waals surface area (Å²) < 4.78 is 31.6. The van der Waals surface area contributed by atoms with Crippen LogP contribution in [0.1, 0.15) is 39.0 Å². The van der Waals surface area contributed by atoms with Crippen LogP contribution in [-0.4, -0.2) is 94.9 Å². The van der Waals surface area contributed by atoms with Crippen molar-refractivity contribution < 1.29 is 13.2 Å². The van der Waals surface area contributed by atoms with Crippen molar-refractivity contribution in [2.75, 3.05) is 59.7 Å². The van der Waals surface area contributed by atoms with Crippen molar-refractivity contribution in [3.63, 3.8) is 0 Å². The minimum atomic E-state index is -3.09. The van der Waals surface area contributed by atoms with E-state index < -0.39 is 10.0 Å². The molecule has 166 valence electrons. The van der Waals surface area contributed by atoms with E-state index in [1.54, 1.807) is 11.4 Å². The summed E-state index contributed by atoms with van der Waals surface area (Å²) in [6.07, 6.45) is 4.26. The first kappa shape index (κ1) is 25.9. The zero-order valence-electron chi connectivity index (χ0n) is 17.7. The monoisotopic (exact) mass is 531 g/mol. The zero-order chi connectivity index (χ0) is 19.9. The summed E-state index contributed by atoms with van der Waals surface area (Å²) in [7, 11) is 2.93. The molecule has 2 N–H and O–H groups in total. The van der Waals surface area contributed by atoms with E-state index in [1.165, 1.54) is 0 Å². The molecule has 0 atom stereocenters. The maximum atomic E-state index is 12.2. The molecule has 0 aromatic carbocycles. The first-order valence-electron chi connectivity index (χ1n) is 10.0. The second-order valence-electron chi connectivity index (χ2n) is 7.79. The molecular formula is C18H38IN5O3S. The topological polar surface area (TPSA) is 86.3 Å². The van der Waals surface area contributed by atoms with Gasteiger partial charge in [0.05, 0.1) is 5.75 Å². The van der Waals surface area contributed by atoms with E-state index in [0.29, 0.717) is 19.5 Å². The van der Waals surface area contributed by atoms with Crippen molar-refractivity contribution in [3.8, 4) is 0 Å². The van der Waals surface area contributed by atoms with Gasteiger partial charge < -0.3 is 20.3 Å². The van der Waals surface area contributed by atoms with Crippen LogP contribution in [-0.2, 0) is 14.8 Å². The fourth-order valence-corrected chi connectivity index (χ4v) is 5.38. The Morgan fingerprint density at radius 3 is 2.36 bits per heavy atom. The van der Waals surface area contributed by atoms with Gasteiger partial charge in [-0.3, -0.25) is 4.99 Å². The van der Waals surface area contributed by atoms with Gasteiger partial charge in [-0.05, 0) is 46.2 Å². The van der Waals surface area contributed by atoms with Gasteiger partial charge >= 0.3 is 0 Å². The third-order valence-electron chi connectivity index (χ3n) is 5.83. The molecule has 2 fully saturated rings. The molecule has 2 aliphatic rings. The lowest BCUT2D eigenvalue weighted by atomic mass is 9.88. The third kappa shape index (κ3) is 6.96. The van der Waals surface area contributed by atoms with Crippen molar-refractivity contribution in [1.82, 2.24) is 19.8 Å². The second-order valence-corrected chi connectivity index (χ2v) is 9.88. The number of sulfonamides is 1. The molecule has 0 saturated carbocycles. The van der Waals surface area contributed by atoms with Gasteiger partial charge in [0.15, 0.2) is 5.96 Å². The standard InChI is InChI=1S/C18H37N5O3S.HI/c1-5-14-27(24,25)23-10-6-16(7-11-23)21-17(19-2)20-15-18(22(3)4)8-12-26-13-9-18;/h16H,5-15H2,1-4H3,(H2,19,20,21);1H. The average Bonchev–Trinajstić information content (AvgIpc) is 2.66. The van der Waals surface area contributed by atoms with Crippen LogP contribution < -0.4 is 10.6 Å². The number of ether oxygens (including phenoxy) is 1. The van der Waals surface area contributed by atoms with Crippen LogP contribution in [0, 0.1) is 0 Å². The molecule has 2 rings (SSSR count). The van der Waals surface area contributed by atoms with Crippen LogP contribution >= 0.6 is 24.0 Å². The van der Waals surface area contributed by atoms with Gasteiger partial charge in [0.25, 0.3) is 0 Å². The van der Waals surface area contributed by atoms with Gasteiger partial charge in [0.2, 0.25) is 10.0 Å². The van der Waals surface area contributed by atoms with Gasteiger partial charge in [0.1, 0.15) is 0 Å². The number of hydrogen-bond acceptors (Lipinski definition) is 5. The number of hydrogen-bond donors (Lipinski definition) is 2. The number of guanidine groups is 1. The highest BCUT2D eigenvalue weighted by Gasteiger charge is 2.35. The molecule has 2 saturated heterocycles. The van der Waals surface area contributed by atoms with Crippen LogP contribution in [0.3, 0.4) is 0 Å². The largest absolute Gasteiger partial charge is 0.381 e. The fourth-order valence-electron chi connectivity index (χ4n) is 3.84. The lowest BCUT2D eigenvalue weighted by Crippen LogP contribution is -2.58. The van der Waals surface area contributed by atoms with Gasteiger partial charge in [0, 0.05) is 51.5 Å². The number of likely N-dealkylation sites (N-methyl/N-ethyl adjacent to an activating group) is 1. The van der Waals surface area contributed by atoms with E-state index in [0.717, 1.165) is 51.4 Å². The lowest BCUT2D eigenvalue weighted by Gasteiger charge is -2.43. The Kier molecular flexibility index (Phi) is 11.0. The first-order chi connectivity index (χ1) is 12.8. The molecule has 0 aromatic heterocycles. The Morgan fingerprint density at radius 2 is 1.86 bits per heavy atom. The predicted octanol–water partition coefficient (Wildman–Crippen LogP) is 1.08. The molecule has 0 bridgehead atoms. The van der Waals surface area contributed by atoms with E-state index in [9.17, 15) is 8.42 Å². The van der Waals surface area contributed by atoms with E-state index in [1.807, 2.05) is 6.92 Å². The Balaban J connectivity index is 0.00000392. The summed E-state index contributed by atoms with van der Waals surface area (Å²) in [5, 5.41) is 6.95. The fraction of sp³-hybridized carbons (Fsp3) is 0.944. The van der Waals surface area contributed by atoms with Gasteiger partial charge in [-0.2, -0.15) is 0 Å². The highest BCUT2D eigenvalue weighted by atomic mass is 127. The number of rotatable bonds is 7. The van der Waals surface area contributed by atoms with Crippen molar-refractivity contribution in [2.45, 2.75) is 50.6 Å². The molecule has 0 aliphatic carbocycles. The Morgan fingerprint density at radius 1 is 1.25 bits per heavy atom. The number of nitrogens with zero attached hydrogens (tertiary/aromatic N) is 3. The number of piperidine rings is 1. The zero-order valence-corrected chi connectivity index (χ0v) is 20.9. The van der Waals surface area contributed by atoms with Crippen LogP contribution in [0.15, 0.2) is 4.99 Å². The van der Waals surface area contributed by atoms with E-state index in [-0.39, 0.29) is 41.3 Å². The van der Waals surface area contributed by atoms with E-state index >= 15 is 0 Å². The van der Waals surface area contributed by atoms with E-state index in [4.69, 9.17) is 4.74 Å². The van der Waals surface area contributed by atoms with Crippen LogP contribution in [0.5, 0.6) is 0 Å². The van der Waals surface area contributed by atoms with Crippen LogP contribution in [0.4, 0.5) is 0 Å². The summed E-state index contributed by atoms with van der Waals surface area (Å²) in [6, 6.07) is 0.245. The molecule has 28 heavy (non-hydrogen) atoms. The molecule has 2 heterocycles. The SMILES string of the molecule is CCCS(=O)(=O)N1CCC(NC(=NC)NCC2(N(C)C)CCOCC2)CC1.I.